The van der Waals surface area contributed by atoms with Gasteiger partial charge in [-0.25, -0.2) is 4.98 Å². The van der Waals surface area contributed by atoms with Gasteiger partial charge in [0.1, 0.15) is 11.3 Å². The molecule has 6 heteroatoms. The lowest BCUT2D eigenvalue weighted by Gasteiger charge is -2.32. The normalized spacial score (nSPS) is 17.6. The second-order valence-corrected chi connectivity index (χ2v) is 6.71. The van der Waals surface area contributed by atoms with Crippen molar-refractivity contribution in [2.45, 2.75) is 18.9 Å². The van der Waals surface area contributed by atoms with Crippen molar-refractivity contribution in [1.82, 2.24) is 15.2 Å². The summed E-state index contributed by atoms with van der Waals surface area (Å²) in [4.78, 5) is 19.0. The van der Waals surface area contributed by atoms with Crippen molar-refractivity contribution < 1.29 is 9.53 Å². The van der Waals surface area contributed by atoms with E-state index >= 15 is 0 Å². The molecule has 126 valence electrons. The van der Waals surface area contributed by atoms with Gasteiger partial charge in [-0.1, -0.05) is 22.0 Å². The molecule has 1 amide bonds. The number of rotatable bonds is 4. The van der Waals surface area contributed by atoms with E-state index in [4.69, 9.17) is 4.74 Å². The number of carbonyl (C=O) groups is 1. The summed E-state index contributed by atoms with van der Waals surface area (Å²) >= 11 is 3.42. The highest BCUT2D eigenvalue weighted by molar-refractivity contribution is 9.10. The van der Waals surface area contributed by atoms with E-state index in [1.165, 1.54) is 0 Å². The lowest BCUT2D eigenvalue weighted by Crippen LogP contribution is -2.47. The topological polar surface area (TPSA) is 54.5 Å². The van der Waals surface area contributed by atoms with E-state index in [2.05, 4.69) is 26.2 Å². The number of pyridine rings is 1. The van der Waals surface area contributed by atoms with Gasteiger partial charge in [-0.3, -0.25) is 4.79 Å². The zero-order valence-electron chi connectivity index (χ0n) is 13.5. The quantitative estimate of drug-likeness (QED) is 0.869. The Morgan fingerprint density at radius 2 is 2.25 bits per heavy atom. The number of amides is 1. The number of benzene rings is 1. The fourth-order valence-electron chi connectivity index (χ4n) is 2.84. The minimum atomic E-state index is -0.0342. The number of likely N-dealkylation sites (tertiary alicyclic amines) is 1. The maximum atomic E-state index is 12.9. The first kappa shape index (κ1) is 16.9. The first-order chi connectivity index (χ1) is 11.7. The van der Waals surface area contributed by atoms with Crippen LogP contribution in [0, 0.1) is 0 Å². The van der Waals surface area contributed by atoms with E-state index in [1.54, 1.807) is 18.3 Å². The van der Waals surface area contributed by atoms with E-state index < -0.39 is 0 Å². The highest BCUT2D eigenvalue weighted by Crippen LogP contribution is 2.27. The van der Waals surface area contributed by atoms with Crippen molar-refractivity contribution in [3.05, 3.63) is 52.6 Å². The molecule has 0 bridgehead atoms. The van der Waals surface area contributed by atoms with E-state index in [0.29, 0.717) is 29.8 Å². The smallest absolute Gasteiger partial charge is 0.259 e. The standard InChI is InChI=1S/C18H20BrN3O2/c1-20-14-6-4-10-22(12-14)18(23)16-8-3-9-21-17(16)24-15-7-2-5-13(19)11-15/h2-3,5,7-9,11,14,20H,4,6,10,12H2,1H3/t14-/m0/s1. The van der Waals surface area contributed by atoms with Crippen molar-refractivity contribution in [1.29, 1.82) is 0 Å². The Morgan fingerprint density at radius 1 is 1.38 bits per heavy atom. The molecular formula is C18H20BrN3O2. The Hall–Kier alpha value is -1.92. The Bertz CT molecular complexity index is 723. The van der Waals surface area contributed by atoms with Gasteiger partial charge in [0.05, 0.1) is 0 Å². The van der Waals surface area contributed by atoms with Crippen molar-refractivity contribution in [2.75, 3.05) is 20.1 Å². The number of hydrogen-bond donors (Lipinski definition) is 1. The molecule has 1 saturated heterocycles. The SMILES string of the molecule is CN[C@H]1CCCN(C(=O)c2cccnc2Oc2cccc(Br)c2)C1. The molecule has 1 atom stereocenters. The van der Waals surface area contributed by atoms with Crippen LogP contribution >= 0.6 is 15.9 Å². The van der Waals surface area contributed by atoms with Gasteiger partial charge in [0.2, 0.25) is 5.88 Å². The summed E-state index contributed by atoms with van der Waals surface area (Å²) in [5, 5.41) is 3.25. The van der Waals surface area contributed by atoms with Gasteiger partial charge in [0.25, 0.3) is 5.91 Å². The van der Waals surface area contributed by atoms with Crippen LogP contribution in [0.15, 0.2) is 47.1 Å². The number of hydrogen-bond acceptors (Lipinski definition) is 4. The molecule has 0 unspecified atom stereocenters. The number of nitrogens with one attached hydrogen (secondary N) is 1. The molecule has 1 aliphatic rings. The molecule has 1 aromatic carbocycles. The summed E-state index contributed by atoms with van der Waals surface area (Å²) < 4.78 is 6.76. The molecule has 24 heavy (non-hydrogen) atoms. The third-order valence-electron chi connectivity index (χ3n) is 4.13. The van der Waals surface area contributed by atoms with Crippen LogP contribution < -0.4 is 10.1 Å². The average molecular weight is 390 g/mol. The summed E-state index contributed by atoms with van der Waals surface area (Å²) in [6.45, 7) is 1.47. The van der Waals surface area contributed by atoms with Crippen LogP contribution in [0.3, 0.4) is 0 Å². The Balaban J connectivity index is 1.82. The van der Waals surface area contributed by atoms with Crippen LogP contribution in [-0.4, -0.2) is 42.0 Å². The highest BCUT2D eigenvalue weighted by Gasteiger charge is 2.26. The van der Waals surface area contributed by atoms with Crippen LogP contribution in [0.4, 0.5) is 0 Å². The zero-order valence-corrected chi connectivity index (χ0v) is 15.1. The van der Waals surface area contributed by atoms with Crippen molar-refractivity contribution in [3.8, 4) is 11.6 Å². The highest BCUT2D eigenvalue weighted by atomic mass is 79.9. The van der Waals surface area contributed by atoms with Crippen LogP contribution in [0.5, 0.6) is 11.6 Å². The molecule has 1 N–H and O–H groups in total. The molecule has 3 rings (SSSR count). The van der Waals surface area contributed by atoms with Crippen LogP contribution in [0.25, 0.3) is 0 Å². The number of ether oxygens (including phenoxy) is 1. The minimum Gasteiger partial charge on any atom is -0.438 e. The largest absolute Gasteiger partial charge is 0.438 e. The minimum absolute atomic E-state index is 0.0342. The van der Waals surface area contributed by atoms with Crippen LogP contribution in [0.1, 0.15) is 23.2 Å². The van der Waals surface area contributed by atoms with Gasteiger partial charge >= 0.3 is 0 Å². The number of nitrogens with zero attached hydrogens (tertiary/aromatic N) is 2. The maximum absolute atomic E-state index is 12.9. The van der Waals surface area contributed by atoms with Gasteiger partial charge in [0, 0.05) is 29.8 Å². The Morgan fingerprint density at radius 3 is 3.04 bits per heavy atom. The maximum Gasteiger partial charge on any atom is 0.259 e. The molecule has 0 spiro atoms. The zero-order chi connectivity index (χ0) is 16.9. The van der Waals surface area contributed by atoms with Gasteiger partial charge in [-0.05, 0) is 50.2 Å². The number of likely N-dealkylation sites (N-methyl/N-ethyl adjacent to an activating group) is 1. The summed E-state index contributed by atoms with van der Waals surface area (Å²) in [5.41, 5.74) is 0.495. The summed E-state index contributed by atoms with van der Waals surface area (Å²) in [6, 6.07) is 11.4. The van der Waals surface area contributed by atoms with E-state index in [9.17, 15) is 4.79 Å². The van der Waals surface area contributed by atoms with Gasteiger partial charge in [-0.15, -0.1) is 0 Å². The first-order valence-electron chi connectivity index (χ1n) is 8.02. The second-order valence-electron chi connectivity index (χ2n) is 5.79. The van der Waals surface area contributed by atoms with Crippen LogP contribution in [-0.2, 0) is 0 Å². The number of carbonyl (C=O) groups excluding carboxylic acids is 1. The Labute approximate surface area is 150 Å². The summed E-state index contributed by atoms with van der Waals surface area (Å²) in [7, 11) is 1.94. The third-order valence-corrected chi connectivity index (χ3v) is 4.62. The summed E-state index contributed by atoms with van der Waals surface area (Å²) in [5.74, 6) is 0.948. The van der Waals surface area contributed by atoms with E-state index in [0.717, 1.165) is 23.9 Å². The summed E-state index contributed by atoms with van der Waals surface area (Å²) in [6.07, 6.45) is 3.73. The fourth-order valence-corrected chi connectivity index (χ4v) is 3.22. The molecule has 1 fully saturated rings. The molecule has 5 nitrogen and oxygen atoms in total. The predicted molar refractivity (Wildman–Crippen MR) is 96.4 cm³/mol. The van der Waals surface area contributed by atoms with Crippen molar-refractivity contribution in [3.63, 3.8) is 0 Å². The van der Waals surface area contributed by atoms with Crippen molar-refractivity contribution in [2.24, 2.45) is 0 Å². The molecule has 2 aromatic rings. The molecule has 0 aliphatic carbocycles. The lowest BCUT2D eigenvalue weighted by atomic mass is 10.0. The first-order valence-corrected chi connectivity index (χ1v) is 8.81. The van der Waals surface area contributed by atoms with Crippen LogP contribution in [0.2, 0.25) is 0 Å². The molecule has 0 radical (unpaired) electrons. The fraction of sp³-hybridized carbons (Fsp3) is 0.333. The molecule has 1 aliphatic heterocycles. The average Bonchev–Trinajstić information content (AvgIpc) is 2.62. The Kier molecular flexibility index (Phi) is 5.48. The molecular weight excluding hydrogens is 370 g/mol. The number of halogens is 1. The molecule has 2 heterocycles. The second kappa shape index (κ2) is 7.77. The monoisotopic (exact) mass is 389 g/mol. The number of piperidine rings is 1. The van der Waals surface area contributed by atoms with E-state index in [-0.39, 0.29) is 5.91 Å². The van der Waals surface area contributed by atoms with Gasteiger partial charge in [-0.2, -0.15) is 0 Å². The predicted octanol–water partition coefficient (Wildman–Crippen LogP) is 3.46. The lowest BCUT2D eigenvalue weighted by molar-refractivity contribution is 0.0695. The molecule has 1 aromatic heterocycles. The molecule has 0 saturated carbocycles. The number of aromatic nitrogens is 1. The van der Waals surface area contributed by atoms with Gasteiger partial charge < -0.3 is 15.0 Å². The van der Waals surface area contributed by atoms with Gasteiger partial charge in [0.15, 0.2) is 0 Å². The third kappa shape index (κ3) is 3.94. The van der Waals surface area contributed by atoms with Crippen molar-refractivity contribution >= 4 is 21.8 Å². The van der Waals surface area contributed by atoms with E-state index in [1.807, 2.05) is 36.2 Å².